The molecule has 0 saturated heterocycles. The third-order valence-electron chi connectivity index (χ3n) is 6.52. The van der Waals surface area contributed by atoms with Gasteiger partial charge in [-0.15, -0.1) is 0 Å². The van der Waals surface area contributed by atoms with Crippen molar-refractivity contribution in [3.8, 4) is 0 Å². The summed E-state index contributed by atoms with van der Waals surface area (Å²) in [5.74, 6) is 0.204. The van der Waals surface area contributed by atoms with Crippen molar-refractivity contribution in [2.45, 2.75) is 76.9 Å². The average Bonchev–Trinajstić information content (AvgIpc) is 2.63. The van der Waals surface area contributed by atoms with Crippen molar-refractivity contribution in [2.24, 2.45) is 5.41 Å². The van der Waals surface area contributed by atoms with Gasteiger partial charge in [0.15, 0.2) is 0 Å². The molecule has 0 unspecified atom stereocenters. The fourth-order valence-corrected chi connectivity index (χ4v) is 4.97. The van der Waals surface area contributed by atoms with E-state index in [0.29, 0.717) is 5.92 Å². The lowest BCUT2D eigenvalue weighted by Crippen LogP contribution is -2.57. The first kappa shape index (κ1) is 19.2. The Hall–Kier alpha value is -2.17. The summed E-state index contributed by atoms with van der Waals surface area (Å²) in [4.78, 5) is 16.6. The summed E-state index contributed by atoms with van der Waals surface area (Å²) in [5.41, 5.74) is 1.78. The van der Waals surface area contributed by atoms with Crippen LogP contribution in [0.1, 0.15) is 70.8 Å². The number of carbonyl (C=O) groups is 1. The number of pyridine rings is 1. The zero-order chi connectivity index (χ0) is 19.9. The maximum absolute atomic E-state index is 13.8. The lowest BCUT2D eigenvalue weighted by Gasteiger charge is -2.53. The molecule has 1 amide bonds. The minimum atomic E-state index is -0.476. The van der Waals surface area contributed by atoms with Crippen LogP contribution in [0.25, 0.3) is 10.9 Å². The predicted molar refractivity (Wildman–Crippen MR) is 108 cm³/mol. The zero-order valence-corrected chi connectivity index (χ0v) is 16.9. The van der Waals surface area contributed by atoms with Gasteiger partial charge in [-0.3, -0.25) is 4.98 Å². The van der Waals surface area contributed by atoms with Gasteiger partial charge in [0.05, 0.1) is 5.52 Å². The van der Waals surface area contributed by atoms with Crippen molar-refractivity contribution >= 4 is 17.0 Å². The number of rotatable bonds is 2. The van der Waals surface area contributed by atoms with E-state index in [1.54, 1.807) is 12.1 Å². The average molecular weight is 384 g/mol. The molecule has 1 aromatic carbocycles. The van der Waals surface area contributed by atoms with E-state index >= 15 is 0 Å². The highest BCUT2D eigenvalue weighted by atomic mass is 19.1. The van der Waals surface area contributed by atoms with Gasteiger partial charge in [0.1, 0.15) is 11.4 Å². The Morgan fingerprint density at radius 1 is 1.18 bits per heavy atom. The van der Waals surface area contributed by atoms with Crippen LogP contribution in [0.15, 0.2) is 30.5 Å². The highest BCUT2D eigenvalue weighted by Gasteiger charge is 2.49. The normalized spacial score (nSPS) is 27.4. The van der Waals surface area contributed by atoms with E-state index in [1.165, 1.54) is 11.6 Å². The molecule has 1 spiro atoms. The lowest BCUT2D eigenvalue weighted by atomic mass is 9.55. The molecule has 2 fully saturated rings. The second kappa shape index (κ2) is 7.02. The van der Waals surface area contributed by atoms with Crippen LogP contribution in [-0.2, 0) is 4.74 Å². The largest absolute Gasteiger partial charge is 0.444 e. The molecule has 0 radical (unpaired) electrons. The number of benzene rings is 1. The smallest absolute Gasteiger partial charge is 0.407 e. The first-order valence-corrected chi connectivity index (χ1v) is 10.3. The van der Waals surface area contributed by atoms with Gasteiger partial charge in [0.25, 0.3) is 0 Å². The molecule has 4 rings (SSSR count). The molecule has 1 N–H and O–H groups in total. The van der Waals surface area contributed by atoms with Gasteiger partial charge in [-0.25, -0.2) is 9.18 Å². The highest BCUT2D eigenvalue weighted by molar-refractivity contribution is 5.82. The van der Waals surface area contributed by atoms with Gasteiger partial charge in [0.2, 0.25) is 0 Å². The summed E-state index contributed by atoms with van der Waals surface area (Å²) >= 11 is 0. The molecule has 2 aromatic rings. The Labute approximate surface area is 165 Å². The molecule has 1 atom stereocenters. The Bertz CT molecular complexity index is 882. The summed E-state index contributed by atoms with van der Waals surface area (Å²) in [5, 5.41) is 4.04. The Morgan fingerprint density at radius 3 is 2.54 bits per heavy atom. The van der Waals surface area contributed by atoms with Crippen molar-refractivity contribution < 1.29 is 13.9 Å². The van der Waals surface area contributed by atoms with Crippen molar-refractivity contribution in [3.63, 3.8) is 0 Å². The van der Waals surface area contributed by atoms with Gasteiger partial charge >= 0.3 is 6.09 Å². The summed E-state index contributed by atoms with van der Waals surface area (Å²) in [6.45, 7) is 5.66. The van der Waals surface area contributed by atoms with Crippen molar-refractivity contribution in [1.29, 1.82) is 0 Å². The lowest BCUT2D eigenvalue weighted by molar-refractivity contribution is 0.000810. The number of nitrogens with zero attached hydrogens (tertiary/aromatic N) is 1. The number of hydrogen-bond donors (Lipinski definition) is 1. The molecular weight excluding hydrogens is 355 g/mol. The van der Waals surface area contributed by atoms with E-state index in [-0.39, 0.29) is 23.4 Å². The second-order valence-electron chi connectivity index (χ2n) is 9.44. The maximum atomic E-state index is 13.8. The van der Waals surface area contributed by atoms with Crippen LogP contribution in [0.3, 0.4) is 0 Å². The Morgan fingerprint density at radius 2 is 1.89 bits per heavy atom. The molecule has 1 heterocycles. The first-order valence-electron chi connectivity index (χ1n) is 10.3. The van der Waals surface area contributed by atoms with Crippen LogP contribution in [0.5, 0.6) is 0 Å². The number of ether oxygens (including phenoxy) is 1. The van der Waals surface area contributed by atoms with Crippen LogP contribution in [0.4, 0.5) is 9.18 Å². The van der Waals surface area contributed by atoms with E-state index in [4.69, 9.17) is 4.74 Å². The maximum Gasteiger partial charge on any atom is 0.407 e. The van der Waals surface area contributed by atoms with E-state index < -0.39 is 5.60 Å². The number of fused-ring (bicyclic) bond motifs is 1. The zero-order valence-electron chi connectivity index (χ0n) is 16.9. The van der Waals surface area contributed by atoms with Crippen molar-refractivity contribution in [3.05, 3.63) is 41.8 Å². The molecule has 150 valence electrons. The SMILES string of the molecule is CC(C)(C)OC(=O)N[C@H]1CCC12CCC(c1ccnc3ccc(F)cc13)CC2. The number of alkyl carbamates (subject to hydrolysis) is 1. The molecule has 2 aliphatic carbocycles. The topological polar surface area (TPSA) is 51.2 Å². The summed E-state index contributed by atoms with van der Waals surface area (Å²) in [6, 6.07) is 7.08. The number of aromatic nitrogens is 1. The fraction of sp³-hybridized carbons (Fsp3) is 0.565. The Balaban J connectivity index is 1.44. The quantitative estimate of drug-likeness (QED) is 0.722. The van der Waals surface area contributed by atoms with Crippen molar-refractivity contribution in [2.75, 3.05) is 0 Å². The highest BCUT2D eigenvalue weighted by Crippen LogP contribution is 2.55. The van der Waals surface area contributed by atoms with Gasteiger partial charge < -0.3 is 10.1 Å². The van der Waals surface area contributed by atoms with Crippen LogP contribution in [0.2, 0.25) is 0 Å². The molecule has 28 heavy (non-hydrogen) atoms. The van der Waals surface area contributed by atoms with E-state index in [2.05, 4.69) is 10.3 Å². The van der Waals surface area contributed by atoms with E-state index in [1.807, 2.05) is 33.0 Å². The number of hydrogen-bond acceptors (Lipinski definition) is 3. The fourth-order valence-electron chi connectivity index (χ4n) is 4.97. The van der Waals surface area contributed by atoms with Crippen LogP contribution in [-0.4, -0.2) is 22.7 Å². The number of nitrogens with one attached hydrogen (secondary N) is 1. The summed E-state index contributed by atoms with van der Waals surface area (Å²) in [6.07, 6.45) is 7.98. The molecule has 5 heteroatoms. The van der Waals surface area contributed by atoms with Crippen LogP contribution < -0.4 is 5.32 Å². The summed E-state index contributed by atoms with van der Waals surface area (Å²) in [7, 11) is 0. The van der Waals surface area contributed by atoms with Gasteiger partial charge in [-0.2, -0.15) is 0 Å². The minimum absolute atomic E-state index is 0.196. The molecule has 4 nitrogen and oxygen atoms in total. The van der Waals surface area contributed by atoms with Gasteiger partial charge in [0, 0.05) is 17.6 Å². The number of halogens is 1. The molecule has 0 bridgehead atoms. The van der Waals surface area contributed by atoms with Gasteiger partial charge in [-0.05, 0) is 100 Å². The molecular formula is C23H29FN2O2. The molecule has 0 aliphatic heterocycles. The molecule has 2 aliphatic rings. The molecule has 2 saturated carbocycles. The standard InChI is InChI=1S/C23H29FN2O2/c1-22(2,3)28-21(27)26-20-8-12-23(20)10-6-15(7-11-23)17-9-13-25-19-5-4-16(24)14-18(17)19/h4-5,9,13-15,20H,6-8,10-12H2,1-3H3,(H,26,27)/t15?,20-,23?/m0/s1. The van der Waals surface area contributed by atoms with Gasteiger partial charge in [-0.1, -0.05) is 0 Å². The second-order valence-corrected chi connectivity index (χ2v) is 9.44. The third-order valence-corrected chi connectivity index (χ3v) is 6.52. The van der Waals surface area contributed by atoms with Crippen LogP contribution >= 0.6 is 0 Å². The van der Waals surface area contributed by atoms with Crippen LogP contribution in [0, 0.1) is 11.2 Å². The van der Waals surface area contributed by atoms with E-state index in [9.17, 15) is 9.18 Å². The van der Waals surface area contributed by atoms with Crippen molar-refractivity contribution in [1.82, 2.24) is 10.3 Å². The predicted octanol–water partition coefficient (Wildman–Crippen LogP) is 5.71. The molecule has 1 aromatic heterocycles. The van der Waals surface area contributed by atoms with E-state index in [0.717, 1.165) is 49.4 Å². The first-order chi connectivity index (χ1) is 13.3. The Kier molecular flexibility index (Phi) is 4.80. The monoisotopic (exact) mass is 384 g/mol. The number of amides is 1. The minimum Gasteiger partial charge on any atom is -0.444 e. The number of carbonyl (C=O) groups excluding carboxylic acids is 1. The summed E-state index contributed by atoms with van der Waals surface area (Å²) < 4.78 is 19.2. The third kappa shape index (κ3) is 3.71.